The summed E-state index contributed by atoms with van der Waals surface area (Å²) < 4.78 is 73.0. The number of hydrogen-bond acceptors (Lipinski definition) is 3. The molecule has 0 aliphatic heterocycles. The van der Waals surface area contributed by atoms with Crippen molar-refractivity contribution in [3.63, 3.8) is 0 Å². The quantitative estimate of drug-likeness (QED) is 0.383. The maximum atomic E-state index is 14.8. The first kappa shape index (κ1) is 22.8. The number of ether oxygens (including phenoxy) is 1. The molecule has 0 saturated carbocycles. The molecule has 0 aliphatic rings. The zero-order valence-electron chi connectivity index (χ0n) is 16.7. The van der Waals surface area contributed by atoms with E-state index in [-0.39, 0.29) is 18.6 Å². The summed E-state index contributed by atoms with van der Waals surface area (Å²) in [5.41, 5.74) is 0.451. The molecular formula is C21H20F4N2O3S. The van der Waals surface area contributed by atoms with Crippen molar-refractivity contribution in [1.82, 2.24) is 4.98 Å². The molecule has 0 spiro atoms. The number of H-pyrrole nitrogens is 1. The van der Waals surface area contributed by atoms with Gasteiger partial charge in [-0.2, -0.15) is 13.2 Å². The maximum Gasteiger partial charge on any atom is 0.416 e. The molecule has 0 saturated heterocycles. The number of fused-ring (bicyclic) bond motifs is 1. The molecular weight excluding hydrogens is 436 g/mol. The standard InChI is InChI=1S/C21H20F4N2O3S/c1-3-30-19(28)10-15(13-8-7-12(9-17(13)22)21(23,24)25)16-11-26-20-14(16)5-4-6-18(20)27-31(2)29/h4-9,11,15,26-27H,3,10H2,1-2H3. The van der Waals surface area contributed by atoms with Crippen LogP contribution in [0.25, 0.3) is 10.9 Å². The Bertz CT molecular complexity index is 1130. The van der Waals surface area contributed by atoms with Crippen LogP contribution in [0, 0.1) is 5.82 Å². The normalized spacial score (nSPS) is 13.7. The molecule has 0 aliphatic carbocycles. The van der Waals surface area contributed by atoms with E-state index in [2.05, 4.69) is 9.71 Å². The molecule has 5 nitrogen and oxygen atoms in total. The summed E-state index contributed by atoms with van der Waals surface area (Å²) in [6.45, 7) is 1.74. The van der Waals surface area contributed by atoms with E-state index in [1.54, 1.807) is 31.3 Å². The van der Waals surface area contributed by atoms with Gasteiger partial charge in [0.1, 0.15) is 16.8 Å². The highest BCUT2D eigenvalue weighted by Crippen LogP contribution is 2.38. The van der Waals surface area contributed by atoms with Crippen LogP contribution < -0.4 is 4.72 Å². The lowest BCUT2D eigenvalue weighted by atomic mass is 9.87. The lowest BCUT2D eigenvalue weighted by Crippen LogP contribution is -2.14. The molecule has 2 aromatic carbocycles. The number of halogens is 4. The van der Waals surface area contributed by atoms with E-state index in [0.717, 1.165) is 12.1 Å². The number of carbonyl (C=O) groups is 1. The minimum Gasteiger partial charge on any atom is -0.466 e. The number of benzene rings is 2. The van der Waals surface area contributed by atoms with Gasteiger partial charge in [-0.15, -0.1) is 0 Å². The van der Waals surface area contributed by atoms with Crippen LogP contribution in [0.3, 0.4) is 0 Å². The first-order valence-electron chi connectivity index (χ1n) is 9.34. The Morgan fingerprint density at radius 3 is 2.58 bits per heavy atom. The van der Waals surface area contributed by atoms with Crippen molar-refractivity contribution < 1.29 is 31.3 Å². The van der Waals surface area contributed by atoms with Gasteiger partial charge in [-0.25, -0.2) is 8.60 Å². The Labute approximate surface area is 178 Å². The van der Waals surface area contributed by atoms with Gasteiger partial charge in [-0.05, 0) is 36.2 Å². The summed E-state index contributed by atoms with van der Waals surface area (Å²) in [5, 5.41) is 0.615. The van der Waals surface area contributed by atoms with Gasteiger partial charge in [-0.3, -0.25) is 4.79 Å². The monoisotopic (exact) mass is 456 g/mol. The zero-order chi connectivity index (χ0) is 22.8. The third-order valence-corrected chi connectivity index (χ3v) is 5.26. The highest BCUT2D eigenvalue weighted by atomic mass is 32.2. The molecule has 2 atom stereocenters. The summed E-state index contributed by atoms with van der Waals surface area (Å²) in [6.07, 6.45) is -1.92. The first-order valence-corrected chi connectivity index (χ1v) is 10.9. The van der Waals surface area contributed by atoms with Crippen molar-refractivity contribution in [2.75, 3.05) is 17.6 Å². The maximum absolute atomic E-state index is 14.8. The lowest BCUT2D eigenvalue weighted by Gasteiger charge is -2.18. The number of aromatic nitrogens is 1. The average molecular weight is 456 g/mol. The number of para-hydroxylation sites is 1. The van der Waals surface area contributed by atoms with Crippen molar-refractivity contribution in [1.29, 1.82) is 0 Å². The number of hydrogen-bond donors (Lipinski definition) is 2. The SMILES string of the molecule is CCOC(=O)CC(c1ccc(C(F)(F)F)cc1F)c1c[nH]c2c(NS(C)=O)cccc12. The molecule has 3 aromatic rings. The number of carbonyl (C=O) groups excluding carboxylic acids is 1. The average Bonchev–Trinajstić information content (AvgIpc) is 3.10. The summed E-state index contributed by atoms with van der Waals surface area (Å²) >= 11 is 0. The van der Waals surface area contributed by atoms with Gasteiger partial charge in [0.25, 0.3) is 0 Å². The molecule has 1 heterocycles. The fraction of sp³-hybridized carbons (Fsp3) is 0.286. The molecule has 166 valence electrons. The highest BCUT2D eigenvalue weighted by molar-refractivity contribution is 7.85. The fourth-order valence-electron chi connectivity index (χ4n) is 3.46. The Hall–Kier alpha value is -2.88. The van der Waals surface area contributed by atoms with E-state index in [9.17, 15) is 26.6 Å². The van der Waals surface area contributed by atoms with Crippen LogP contribution in [-0.4, -0.2) is 28.0 Å². The molecule has 10 heteroatoms. The second kappa shape index (κ2) is 9.09. The predicted molar refractivity (Wildman–Crippen MR) is 110 cm³/mol. The minimum absolute atomic E-state index is 0.0561. The molecule has 0 fully saturated rings. The number of alkyl halides is 3. The van der Waals surface area contributed by atoms with Crippen molar-refractivity contribution in [2.24, 2.45) is 0 Å². The molecule has 2 unspecified atom stereocenters. The van der Waals surface area contributed by atoms with Crippen LogP contribution in [0.15, 0.2) is 42.6 Å². The molecule has 3 rings (SSSR count). The third kappa shape index (κ3) is 5.07. The molecule has 0 radical (unpaired) electrons. The number of rotatable bonds is 7. The van der Waals surface area contributed by atoms with Crippen LogP contribution in [0.2, 0.25) is 0 Å². The van der Waals surface area contributed by atoms with Crippen molar-refractivity contribution in [3.05, 3.63) is 65.1 Å². The predicted octanol–water partition coefficient (Wildman–Crippen LogP) is 5.12. The van der Waals surface area contributed by atoms with E-state index in [0.29, 0.717) is 28.2 Å². The van der Waals surface area contributed by atoms with E-state index in [4.69, 9.17) is 4.74 Å². The number of aromatic amines is 1. The van der Waals surface area contributed by atoms with Crippen LogP contribution in [0.1, 0.15) is 36.0 Å². The van der Waals surface area contributed by atoms with Crippen molar-refractivity contribution in [2.45, 2.75) is 25.4 Å². The van der Waals surface area contributed by atoms with Crippen molar-refractivity contribution in [3.8, 4) is 0 Å². The topological polar surface area (TPSA) is 71.2 Å². The van der Waals surface area contributed by atoms with E-state index in [1.807, 2.05) is 0 Å². The zero-order valence-corrected chi connectivity index (χ0v) is 17.5. The second-order valence-electron chi connectivity index (χ2n) is 6.82. The van der Waals surface area contributed by atoms with E-state index in [1.165, 1.54) is 6.26 Å². The largest absolute Gasteiger partial charge is 0.466 e. The van der Waals surface area contributed by atoms with Crippen LogP contribution >= 0.6 is 0 Å². The molecule has 0 bridgehead atoms. The van der Waals surface area contributed by atoms with Gasteiger partial charge in [0.05, 0.1) is 29.8 Å². The third-order valence-electron chi connectivity index (χ3n) is 4.76. The summed E-state index contributed by atoms with van der Waals surface area (Å²) in [4.78, 5) is 15.2. The van der Waals surface area contributed by atoms with Gasteiger partial charge >= 0.3 is 12.1 Å². The van der Waals surface area contributed by atoms with E-state index >= 15 is 0 Å². The lowest BCUT2D eigenvalue weighted by molar-refractivity contribution is -0.143. The van der Waals surface area contributed by atoms with Crippen LogP contribution in [0.5, 0.6) is 0 Å². The highest BCUT2D eigenvalue weighted by Gasteiger charge is 2.33. The summed E-state index contributed by atoms with van der Waals surface area (Å²) in [5.74, 6) is -2.56. The molecule has 1 aromatic heterocycles. The Morgan fingerprint density at radius 2 is 1.97 bits per heavy atom. The smallest absolute Gasteiger partial charge is 0.416 e. The molecule has 0 amide bonds. The first-order chi connectivity index (χ1) is 14.6. The molecule has 2 N–H and O–H groups in total. The second-order valence-corrected chi connectivity index (χ2v) is 7.94. The number of esters is 1. The Kier molecular flexibility index (Phi) is 6.68. The van der Waals surface area contributed by atoms with E-state index < -0.39 is 40.4 Å². The summed E-state index contributed by atoms with van der Waals surface area (Å²) in [7, 11) is -1.35. The van der Waals surface area contributed by atoms with Gasteiger partial charge in [0.2, 0.25) is 0 Å². The molecule has 31 heavy (non-hydrogen) atoms. The Morgan fingerprint density at radius 1 is 1.23 bits per heavy atom. The van der Waals surface area contributed by atoms with Gasteiger partial charge in [-0.1, -0.05) is 18.2 Å². The van der Waals surface area contributed by atoms with Crippen LogP contribution in [0.4, 0.5) is 23.2 Å². The summed E-state index contributed by atoms with van der Waals surface area (Å²) in [6, 6.07) is 7.38. The number of nitrogens with one attached hydrogen (secondary N) is 2. The van der Waals surface area contributed by atoms with Crippen LogP contribution in [-0.2, 0) is 26.7 Å². The minimum atomic E-state index is -4.69. The Balaban J connectivity index is 2.13. The van der Waals surface area contributed by atoms with Crippen molar-refractivity contribution >= 4 is 33.5 Å². The van der Waals surface area contributed by atoms with Gasteiger partial charge < -0.3 is 14.4 Å². The van der Waals surface area contributed by atoms with Gasteiger partial charge in [0.15, 0.2) is 0 Å². The van der Waals surface area contributed by atoms with Gasteiger partial charge in [0, 0.05) is 23.8 Å². The fourth-order valence-corrected chi connectivity index (χ4v) is 3.94. The number of anilines is 1.